The van der Waals surface area contributed by atoms with Gasteiger partial charge in [0.05, 0.1) is 12.1 Å². The first-order valence-corrected chi connectivity index (χ1v) is 4.33. The minimum Gasteiger partial charge on any atom is -0.346 e. The lowest BCUT2D eigenvalue weighted by atomic mass is 10.1. The molecular weight excluding hydrogens is 178 g/mol. The van der Waals surface area contributed by atoms with Crippen molar-refractivity contribution in [2.24, 2.45) is 0 Å². The molecule has 5 heteroatoms. The largest absolute Gasteiger partial charge is 0.346 e. The van der Waals surface area contributed by atoms with Crippen LogP contribution in [0.5, 0.6) is 0 Å². The van der Waals surface area contributed by atoms with E-state index in [9.17, 15) is 13.6 Å². The van der Waals surface area contributed by atoms with Crippen LogP contribution in [0.15, 0.2) is 0 Å². The summed E-state index contributed by atoms with van der Waals surface area (Å²) in [5.74, 6) is -3.19. The van der Waals surface area contributed by atoms with E-state index in [4.69, 9.17) is 0 Å². The molecule has 13 heavy (non-hydrogen) atoms. The molecule has 1 aliphatic rings. The van der Waals surface area contributed by atoms with Gasteiger partial charge < -0.3 is 10.6 Å². The van der Waals surface area contributed by atoms with Crippen LogP contribution in [0.2, 0.25) is 0 Å². The van der Waals surface area contributed by atoms with E-state index >= 15 is 0 Å². The normalized spacial score (nSPS) is 24.8. The number of hydrogen-bond donors (Lipinski definition) is 2. The van der Waals surface area contributed by atoms with Gasteiger partial charge in [0.1, 0.15) is 0 Å². The number of rotatable bonds is 3. The van der Waals surface area contributed by atoms with Crippen molar-refractivity contribution < 1.29 is 13.6 Å². The molecule has 0 aromatic carbocycles. The van der Waals surface area contributed by atoms with E-state index in [2.05, 4.69) is 10.6 Å². The fourth-order valence-corrected chi connectivity index (χ4v) is 0.953. The van der Waals surface area contributed by atoms with E-state index in [-0.39, 0.29) is 11.9 Å². The average molecular weight is 192 g/mol. The summed E-state index contributed by atoms with van der Waals surface area (Å²) in [4.78, 5) is 11.2. The van der Waals surface area contributed by atoms with Gasteiger partial charge in [-0.25, -0.2) is 8.78 Å². The molecule has 0 aromatic heterocycles. The standard InChI is InChI=1S/C8H14F2N2O/c1-5(8(2,9)10)12-7(13)6-3-4-11-6/h5-6,11H,3-4H2,1-2H3,(H,12,13). The number of nitrogens with one attached hydrogen (secondary N) is 2. The second kappa shape index (κ2) is 3.57. The van der Waals surface area contributed by atoms with Gasteiger partial charge in [0, 0.05) is 6.92 Å². The van der Waals surface area contributed by atoms with Crippen molar-refractivity contribution in [2.45, 2.75) is 38.3 Å². The maximum atomic E-state index is 12.6. The predicted molar refractivity (Wildman–Crippen MR) is 44.6 cm³/mol. The minimum absolute atomic E-state index is 0.273. The van der Waals surface area contributed by atoms with E-state index in [1.54, 1.807) is 0 Å². The van der Waals surface area contributed by atoms with Gasteiger partial charge in [-0.3, -0.25) is 4.79 Å². The summed E-state index contributed by atoms with van der Waals surface area (Å²) in [6.45, 7) is 2.89. The van der Waals surface area contributed by atoms with Crippen LogP contribution in [-0.2, 0) is 4.79 Å². The molecule has 0 aromatic rings. The van der Waals surface area contributed by atoms with Crippen molar-refractivity contribution in [3.63, 3.8) is 0 Å². The summed E-state index contributed by atoms with van der Waals surface area (Å²) in [6.07, 6.45) is 0.730. The zero-order chi connectivity index (χ0) is 10.1. The topological polar surface area (TPSA) is 41.1 Å². The Kier molecular flexibility index (Phi) is 2.85. The highest BCUT2D eigenvalue weighted by Crippen LogP contribution is 2.17. The third-order valence-electron chi connectivity index (χ3n) is 2.26. The maximum absolute atomic E-state index is 12.6. The molecule has 3 nitrogen and oxygen atoms in total. The molecule has 2 unspecified atom stereocenters. The molecule has 76 valence electrons. The molecule has 0 spiro atoms. The second-order valence-electron chi connectivity index (χ2n) is 3.48. The van der Waals surface area contributed by atoms with Crippen LogP contribution in [0.1, 0.15) is 20.3 Å². The number of amides is 1. The van der Waals surface area contributed by atoms with E-state index < -0.39 is 12.0 Å². The first-order valence-electron chi connectivity index (χ1n) is 4.33. The van der Waals surface area contributed by atoms with Crippen LogP contribution in [0.25, 0.3) is 0 Å². The molecule has 2 atom stereocenters. The molecule has 1 amide bonds. The number of carbonyl (C=O) groups is 1. The van der Waals surface area contributed by atoms with Gasteiger partial charge in [-0.2, -0.15) is 0 Å². The number of carbonyl (C=O) groups excluding carboxylic acids is 1. The zero-order valence-corrected chi connectivity index (χ0v) is 7.73. The zero-order valence-electron chi connectivity index (χ0n) is 7.73. The highest BCUT2D eigenvalue weighted by molar-refractivity contribution is 5.82. The smallest absolute Gasteiger partial charge is 0.264 e. The Labute approximate surface area is 75.9 Å². The van der Waals surface area contributed by atoms with Crippen LogP contribution in [0, 0.1) is 0 Å². The Morgan fingerprint density at radius 3 is 2.54 bits per heavy atom. The lowest BCUT2D eigenvalue weighted by Gasteiger charge is -2.29. The van der Waals surface area contributed by atoms with E-state index in [0.29, 0.717) is 0 Å². The first-order chi connectivity index (χ1) is 5.91. The van der Waals surface area contributed by atoms with Gasteiger partial charge in [-0.1, -0.05) is 0 Å². The molecule has 0 aliphatic carbocycles. The van der Waals surface area contributed by atoms with Crippen LogP contribution < -0.4 is 10.6 Å². The summed E-state index contributed by atoms with van der Waals surface area (Å²) < 4.78 is 25.3. The van der Waals surface area contributed by atoms with E-state index in [1.165, 1.54) is 6.92 Å². The van der Waals surface area contributed by atoms with Crippen molar-refractivity contribution in [3.05, 3.63) is 0 Å². The third kappa shape index (κ3) is 2.62. The minimum atomic E-state index is -2.86. The maximum Gasteiger partial charge on any atom is 0.264 e. The number of halogens is 2. The average Bonchev–Trinajstić information content (AvgIpc) is 1.79. The van der Waals surface area contributed by atoms with Crippen molar-refractivity contribution in [1.82, 2.24) is 10.6 Å². The molecule has 1 heterocycles. The Bertz CT molecular complexity index is 199. The molecular formula is C8H14F2N2O. The first kappa shape index (κ1) is 10.4. The molecule has 1 rings (SSSR count). The van der Waals surface area contributed by atoms with Crippen LogP contribution in [0.4, 0.5) is 8.78 Å². The molecule has 1 fully saturated rings. The van der Waals surface area contributed by atoms with Gasteiger partial charge in [-0.15, -0.1) is 0 Å². The Balaban J connectivity index is 2.35. The third-order valence-corrected chi connectivity index (χ3v) is 2.26. The summed E-state index contributed by atoms with van der Waals surface area (Å²) in [7, 11) is 0. The van der Waals surface area contributed by atoms with Gasteiger partial charge in [0.25, 0.3) is 5.92 Å². The molecule has 0 saturated carbocycles. The van der Waals surface area contributed by atoms with Gasteiger partial charge in [0.15, 0.2) is 0 Å². The Hall–Kier alpha value is -0.710. The molecule has 0 bridgehead atoms. The van der Waals surface area contributed by atoms with Crippen LogP contribution in [0.3, 0.4) is 0 Å². The number of alkyl halides is 2. The fourth-order valence-electron chi connectivity index (χ4n) is 0.953. The summed E-state index contributed by atoms with van der Waals surface area (Å²) in [5.41, 5.74) is 0. The Morgan fingerprint density at radius 2 is 2.23 bits per heavy atom. The van der Waals surface area contributed by atoms with Crippen LogP contribution in [-0.4, -0.2) is 30.5 Å². The van der Waals surface area contributed by atoms with Gasteiger partial charge in [0.2, 0.25) is 5.91 Å². The lowest BCUT2D eigenvalue weighted by molar-refractivity contribution is -0.128. The van der Waals surface area contributed by atoms with Gasteiger partial charge >= 0.3 is 0 Å². The summed E-state index contributed by atoms with van der Waals surface area (Å²) in [6, 6.07) is -1.38. The van der Waals surface area contributed by atoms with Gasteiger partial charge in [-0.05, 0) is 19.9 Å². The van der Waals surface area contributed by atoms with Crippen molar-refractivity contribution >= 4 is 5.91 Å². The quantitative estimate of drug-likeness (QED) is 0.684. The Morgan fingerprint density at radius 1 is 1.69 bits per heavy atom. The fraction of sp³-hybridized carbons (Fsp3) is 0.875. The molecule has 1 aliphatic heterocycles. The van der Waals surface area contributed by atoms with E-state index in [1.807, 2.05) is 0 Å². The summed E-state index contributed by atoms with van der Waals surface area (Å²) >= 11 is 0. The van der Waals surface area contributed by atoms with Crippen molar-refractivity contribution in [3.8, 4) is 0 Å². The lowest BCUT2D eigenvalue weighted by Crippen LogP contribution is -2.57. The molecule has 0 radical (unpaired) electrons. The summed E-state index contributed by atoms with van der Waals surface area (Å²) in [5, 5.41) is 5.12. The van der Waals surface area contributed by atoms with Crippen molar-refractivity contribution in [2.75, 3.05) is 6.54 Å². The molecule has 1 saturated heterocycles. The monoisotopic (exact) mass is 192 g/mol. The predicted octanol–water partition coefficient (Wildman–Crippen LogP) is 0.508. The molecule has 2 N–H and O–H groups in total. The highest BCUT2D eigenvalue weighted by atomic mass is 19.3. The number of hydrogen-bond acceptors (Lipinski definition) is 2. The van der Waals surface area contributed by atoms with Crippen LogP contribution >= 0.6 is 0 Å². The second-order valence-corrected chi connectivity index (χ2v) is 3.48. The highest BCUT2D eigenvalue weighted by Gasteiger charge is 2.34. The van der Waals surface area contributed by atoms with Crippen molar-refractivity contribution in [1.29, 1.82) is 0 Å². The van der Waals surface area contributed by atoms with E-state index in [0.717, 1.165) is 19.9 Å². The SMILES string of the molecule is CC(NC(=O)C1CCN1)C(C)(F)F.